The van der Waals surface area contributed by atoms with Crippen LogP contribution in [0.15, 0.2) is 4.52 Å². The van der Waals surface area contributed by atoms with Gasteiger partial charge in [-0.3, -0.25) is 4.79 Å². The van der Waals surface area contributed by atoms with Crippen molar-refractivity contribution in [1.82, 2.24) is 25.2 Å². The van der Waals surface area contributed by atoms with Crippen LogP contribution in [0.25, 0.3) is 0 Å². The third kappa shape index (κ3) is 2.45. The van der Waals surface area contributed by atoms with Gasteiger partial charge in [0.15, 0.2) is 10.8 Å². The fraction of sp³-hybridized carbons (Fsp3) is 0.333. The number of halogens is 1. The molecule has 0 aromatic carbocycles. The summed E-state index contributed by atoms with van der Waals surface area (Å²) in [5, 5.41) is 20.3. The molecule has 2 heterocycles. The van der Waals surface area contributed by atoms with Crippen molar-refractivity contribution in [2.45, 2.75) is 13.5 Å². The number of nitrogens with zero attached hydrogens (tertiary/aromatic N) is 5. The third-order valence-electron chi connectivity index (χ3n) is 2.47. The van der Waals surface area contributed by atoms with Gasteiger partial charge in [-0.05, 0) is 11.8 Å². The lowest BCUT2D eigenvalue weighted by atomic mass is 10.4. The molecule has 1 N–H and O–H groups in total. The molecule has 0 aliphatic carbocycles. The molecule has 0 bridgehead atoms. The molecule has 0 saturated heterocycles. The highest BCUT2D eigenvalue weighted by Crippen LogP contribution is 2.26. The number of nitro groups is 1. The van der Waals surface area contributed by atoms with Crippen molar-refractivity contribution < 1.29 is 14.2 Å². The summed E-state index contributed by atoms with van der Waals surface area (Å²) in [4.78, 5) is 25.1. The molecule has 2 aromatic heterocycles. The van der Waals surface area contributed by atoms with Crippen molar-refractivity contribution >= 4 is 23.3 Å². The first-order valence-corrected chi connectivity index (χ1v) is 5.73. The van der Waals surface area contributed by atoms with E-state index >= 15 is 0 Å². The fourth-order valence-corrected chi connectivity index (χ4v) is 1.63. The Balaban J connectivity index is 2.26. The zero-order chi connectivity index (χ0) is 14.9. The molecule has 0 atom stereocenters. The first-order chi connectivity index (χ1) is 9.43. The second-order valence-electron chi connectivity index (χ2n) is 3.73. The molecule has 0 aliphatic heterocycles. The van der Waals surface area contributed by atoms with Gasteiger partial charge in [0.1, 0.15) is 6.54 Å². The topological polar surface area (TPSA) is 129 Å². The van der Waals surface area contributed by atoms with Crippen molar-refractivity contribution in [1.29, 1.82) is 0 Å². The predicted molar refractivity (Wildman–Crippen MR) is 65.4 cm³/mol. The van der Waals surface area contributed by atoms with E-state index in [4.69, 9.17) is 16.1 Å². The van der Waals surface area contributed by atoms with Crippen molar-refractivity contribution in [3.63, 3.8) is 0 Å². The van der Waals surface area contributed by atoms with E-state index in [0.29, 0.717) is 5.69 Å². The van der Waals surface area contributed by atoms with Gasteiger partial charge in [-0.25, -0.2) is 0 Å². The summed E-state index contributed by atoms with van der Waals surface area (Å²) in [5.74, 6) is -1.02. The Morgan fingerprint density at radius 3 is 2.85 bits per heavy atom. The zero-order valence-electron chi connectivity index (χ0n) is 10.5. The number of hydrogen-bond donors (Lipinski definition) is 1. The van der Waals surface area contributed by atoms with Crippen molar-refractivity contribution in [3.05, 3.63) is 32.5 Å². The van der Waals surface area contributed by atoms with E-state index in [9.17, 15) is 14.9 Å². The molecule has 0 fully saturated rings. The Morgan fingerprint density at radius 2 is 2.30 bits per heavy atom. The number of amides is 1. The number of carbonyl (C=O) groups excluding carboxylic acids is 1. The van der Waals surface area contributed by atoms with E-state index in [-0.39, 0.29) is 23.3 Å². The van der Waals surface area contributed by atoms with Gasteiger partial charge in [0.05, 0.1) is 10.8 Å². The molecule has 0 spiro atoms. The first-order valence-electron chi connectivity index (χ1n) is 5.36. The molecule has 11 heteroatoms. The molecular formula is C9H9ClN6O4. The molecule has 1 amide bonds. The van der Waals surface area contributed by atoms with E-state index in [1.165, 1.54) is 11.7 Å². The molecule has 2 aromatic rings. The molecule has 0 saturated carbocycles. The minimum absolute atomic E-state index is 0.000111. The van der Waals surface area contributed by atoms with E-state index in [1.54, 1.807) is 6.92 Å². The minimum Gasteiger partial charge on any atom is -0.358 e. The second-order valence-corrected chi connectivity index (χ2v) is 4.11. The van der Waals surface area contributed by atoms with Gasteiger partial charge in [0.25, 0.3) is 0 Å². The lowest BCUT2D eigenvalue weighted by molar-refractivity contribution is -0.389. The molecule has 2 rings (SSSR count). The normalized spacial score (nSPS) is 10.6. The summed E-state index contributed by atoms with van der Waals surface area (Å²) in [6.07, 6.45) is 0. The van der Waals surface area contributed by atoms with Gasteiger partial charge >= 0.3 is 17.6 Å². The Labute approximate surface area is 116 Å². The van der Waals surface area contributed by atoms with Crippen molar-refractivity contribution in [2.75, 3.05) is 7.05 Å². The van der Waals surface area contributed by atoms with Crippen LogP contribution in [0.3, 0.4) is 0 Å². The quantitative estimate of drug-likeness (QED) is 0.644. The molecule has 10 nitrogen and oxygen atoms in total. The van der Waals surface area contributed by atoms with Gasteiger partial charge < -0.3 is 20.0 Å². The number of carbonyl (C=O) groups is 1. The van der Waals surface area contributed by atoms with Crippen LogP contribution in [0.4, 0.5) is 5.82 Å². The van der Waals surface area contributed by atoms with Crippen LogP contribution in [-0.2, 0) is 6.54 Å². The minimum atomic E-state index is -0.683. The smallest absolute Gasteiger partial charge is 0.358 e. The Morgan fingerprint density at radius 1 is 1.60 bits per heavy atom. The van der Waals surface area contributed by atoms with Gasteiger partial charge in [0.2, 0.25) is 0 Å². The van der Waals surface area contributed by atoms with Crippen LogP contribution < -0.4 is 5.32 Å². The Hall–Kier alpha value is -2.49. The van der Waals surface area contributed by atoms with Crippen LogP contribution in [0.2, 0.25) is 5.02 Å². The van der Waals surface area contributed by atoms with Crippen molar-refractivity contribution in [3.8, 4) is 0 Å². The largest absolute Gasteiger partial charge is 0.408 e. The van der Waals surface area contributed by atoms with Crippen LogP contribution in [0.5, 0.6) is 0 Å². The van der Waals surface area contributed by atoms with E-state index in [2.05, 4.69) is 20.6 Å². The third-order valence-corrected chi connectivity index (χ3v) is 2.91. The lowest BCUT2D eigenvalue weighted by Gasteiger charge is -1.93. The van der Waals surface area contributed by atoms with Crippen LogP contribution in [0.1, 0.15) is 22.2 Å². The molecule has 106 valence electrons. The summed E-state index contributed by atoms with van der Waals surface area (Å²) < 4.78 is 6.00. The number of hydrogen-bond acceptors (Lipinski definition) is 7. The highest BCUT2D eigenvalue weighted by atomic mass is 35.5. The molecule has 0 radical (unpaired) electrons. The van der Waals surface area contributed by atoms with Crippen molar-refractivity contribution in [2.24, 2.45) is 0 Å². The van der Waals surface area contributed by atoms with Crippen LogP contribution in [-0.4, -0.2) is 37.8 Å². The summed E-state index contributed by atoms with van der Waals surface area (Å²) in [6.45, 7) is 1.57. The number of aromatic nitrogens is 4. The van der Waals surface area contributed by atoms with Crippen LogP contribution in [0, 0.1) is 17.0 Å². The fourth-order valence-electron chi connectivity index (χ4n) is 1.43. The molecule has 20 heavy (non-hydrogen) atoms. The van der Waals surface area contributed by atoms with Gasteiger partial charge in [-0.1, -0.05) is 16.8 Å². The standard InChI is InChI=1S/C9H9ClN6O4/c1-4-6(10)7(16(18)19)13-15(4)3-5-12-9(20-14-5)8(17)11-2/h3H2,1-2H3,(H,11,17). The molecule has 0 aliphatic rings. The lowest BCUT2D eigenvalue weighted by Crippen LogP contribution is -2.18. The highest BCUT2D eigenvalue weighted by molar-refractivity contribution is 6.33. The maximum atomic E-state index is 11.3. The maximum Gasteiger partial charge on any atom is 0.408 e. The Bertz CT molecular complexity index is 678. The summed E-state index contributed by atoms with van der Waals surface area (Å²) in [6, 6.07) is 0. The number of nitrogens with one attached hydrogen (secondary N) is 1. The molecule has 0 unspecified atom stereocenters. The Kier molecular flexibility index (Phi) is 3.66. The van der Waals surface area contributed by atoms with Gasteiger partial charge in [-0.15, -0.1) is 0 Å². The monoisotopic (exact) mass is 300 g/mol. The van der Waals surface area contributed by atoms with E-state index in [0.717, 1.165) is 0 Å². The highest BCUT2D eigenvalue weighted by Gasteiger charge is 2.25. The van der Waals surface area contributed by atoms with E-state index < -0.39 is 16.6 Å². The summed E-state index contributed by atoms with van der Waals surface area (Å²) in [7, 11) is 1.42. The SMILES string of the molecule is CNC(=O)c1nc(Cn2nc([N+](=O)[O-])c(Cl)c2C)no1. The predicted octanol–water partition coefficient (Wildman–Crippen LogP) is 0.544. The summed E-state index contributed by atoms with van der Waals surface area (Å²) >= 11 is 5.80. The average molecular weight is 301 g/mol. The second kappa shape index (κ2) is 5.25. The molecular weight excluding hydrogens is 292 g/mol. The maximum absolute atomic E-state index is 11.3. The van der Waals surface area contributed by atoms with Gasteiger partial charge in [-0.2, -0.15) is 9.67 Å². The van der Waals surface area contributed by atoms with Gasteiger partial charge in [0, 0.05) is 7.05 Å². The van der Waals surface area contributed by atoms with E-state index in [1.807, 2.05) is 0 Å². The number of rotatable bonds is 4. The zero-order valence-corrected chi connectivity index (χ0v) is 11.2. The summed E-state index contributed by atoms with van der Waals surface area (Å²) in [5.41, 5.74) is 0.393. The van der Waals surface area contributed by atoms with Crippen LogP contribution >= 0.6 is 11.6 Å². The average Bonchev–Trinajstić information content (AvgIpc) is 2.98. The first kappa shape index (κ1) is 13.9.